The summed E-state index contributed by atoms with van der Waals surface area (Å²) in [4.78, 5) is 19.0. The molecule has 0 aliphatic carbocycles. The van der Waals surface area contributed by atoms with Crippen molar-refractivity contribution in [2.24, 2.45) is 0 Å². The minimum Gasteiger partial charge on any atom is -0.475 e. The molecule has 0 saturated heterocycles. The van der Waals surface area contributed by atoms with Crippen molar-refractivity contribution in [1.82, 2.24) is 9.97 Å². The molecule has 0 spiro atoms. The van der Waals surface area contributed by atoms with E-state index in [2.05, 4.69) is 21.2 Å². The molecule has 2 N–H and O–H groups in total. The van der Waals surface area contributed by atoms with E-state index in [9.17, 15) is 4.79 Å². The van der Waals surface area contributed by atoms with Crippen molar-refractivity contribution in [3.63, 3.8) is 0 Å². The number of para-hydroxylation sites is 1. The number of hydrogen-bond donors (Lipinski definition) is 2. The predicted molar refractivity (Wildman–Crippen MR) is 73.0 cm³/mol. The summed E-state index contributed by atoms with van der Waals surface area (Å²) in [5.41, 5.74) is -0.0717. The van der Waals surface area contributed by atoms with E-state index in [0.717, 1.165) is 5.39 Å². The van der Waals surface area contributed by atoms with E-state index < -0.39 is 11.5 Å². The van der Waals surface area contributed by atoms with Gasteiger partial charge in [-0.1, -0.05) is 18.1 Å². The first-order valence-electron chi connectivity index (χ1n) is 5.69. The number of fused-ring (bicyclic) bond motifs is 1. The fourth-order valence-corrected chi connectivity index (χ4v) is 1.60. The summed E-state index contributed by atoms with van der Waals surface area (Å²) in [7, 11) is 0. The van der Waals surface area contributed by atoms with Crippen molar-refractivity contribution in [2.45, 2.75) is 19.4 Å². The molecule has 2 rings (SSSR count). The maximum Gasteiger partial charge on any atom is 0.374 e. The summed E-state index contributed by atoms with van der Waals surface area (Å²) >= 11 is 0. The van der Waals surface area contributed by atoms with Crippen LogP contribution in [0.2, 0.25) is 0 Å². The monoisotopic (exact) mass is 255 g/mol. The molecular weight excluding hydrogens is 242 g/mol. The van der Waals surface area contributed by atoms with Gasteiger partial charge in [0.2, 0.25) is 5.82 Å². The number of carboxylic acids is 1. The van der Waals surface area contributed by atoms with Crippen molar-refractivity contribution in [3.05, 3.63) is 30.1 Å². The lowest BCUT2D eigenvalue weighted by atomic mass is 10.1. The maximum atomic E-state index is 11.0. The van der Waals surface area contributed by atoms with Crippen LogP contribution in [-0.2, 0) is 0 Å². The first-order chi connectivity index (χ1) is 8.93. The molecule has 0 fully saturated rings. The van der Waals surface area contributed by atoms with E-state index in [1.807, 2.05) is 26.0 Å². The number of benzene rings is 1. The summed E-state index contributed by atoms with van der Waals surface area (Å²) in [6.45, 7) is 3.62. The highest BCUT2D eigenvalue weighted by atomic mass is 16.4. The Labute approximate surface area is 110 Å². The highest BCUT2D eigenvalue weighted by molar-refractivity contribution is 5.93. The van der Waals surface area contributed by atoms with E-state index in [-0.39, 0.29) is 5.82 Å². The van der Waals surface area contributed by atoms with E-state index in [1.165, 1.54) is 0 Å². The smallest absolute Gasteiger partial charge is 0.374 e. The Kier molecular flexibility index (Phi) is 3.09. The predicted octanol–water partition coefficient (Wildman–Crippen LogP) is 2.15. The largest absolute Gasteiger partial charge is 0.475 e. The molecule has 96 valence electrons. The van der Waals surface area contributed by atoms with Crippen LogP contribution >= 0.6 is 0 Å². The number of nitrogens with zero attached hydrogens (tertiary/aromatic N) is 2. The molecule has 0 saturated carbocycles. The summed E-state index contributed by atoms with van der Waals surface area (Å²) < 4.78 is 0. The number of aromatic carboxylic acids is 1. The fraction of sp³-hybridized carbons (Fsp3) is 0.214. The van der Waals surface area contributed by atoms with Gasteiger partial charge in [0, 0.05) is 5.39 Å². The van der Waals surface area contributed by atoms with Crippen LogP contribution < -0.4 is 5.32 Å². The van der Waals surface area contributed by atoms with Crippen molar-refractivity contribution in [1.29, 1.82) is 0 Å². The Morgan fingerprint density at radius 3 is 2.68 bits per heavy atom. The van der Waals surface area contributed by atoms with Gasteiger partial charge in [-0.2, -0.15) is 0 Å². The SMILES string of the molecule is C#CC(C)(C)Nc1nc(C(=O)O)nc2ccccc12. The van der Waals surface area contributed by atoms with Gasteiger partial charge < -0.3 is 10.4 Å². The molecule has 2 aromatic rings. The van der Waals surface area contributed by atoms with E-state index in [1.54, 1.807) is 12.1 Å². The van der Waals surface area contributed by atoms with Crippen molar-refractivity contribution < 1.29 is 9.90 Å². The molecule has 1 heterocycles. The minimum atomic E-state index is -1.17. The highest BCUT2D eigenvalue weighted by Crippen LogP contribution is 2.22. The summed E-state index contributed by atoms with van der Waals surface area (Å²) in [5, 5.41) is 12.8. The Hall–Kier alpha value is -2.61. The van der Waals surface area contributed by atoms with E-state index in [0.29, 0.717) is 11.3 Å². The molecule has 0 amide bonds. The molecule has 5 heteroatoms. The number of hydrogen-bond acceptors (Lipinski definition) is 4. The minimum absolute atomic E-state index is 0.256. The second-order valence-corrected chi connectivity index (χ2v) is 4.61. The van der Waals surface area contributed by atoms with Crippen LogP contribution in [0.5, 0.6) is 0 Å². The Morgan fingerprint density at radius 2 is 2.05 bits per heavy atom. The average Bonchev–Trinajstić information content (AvgIpc) is 2.38. The van der Waals surface area contributed by atoms with Crippen LogP contribution in [0, 0.1) is 12.3 Å². The third-order valence-electron chi connectivity index (χ3n) is 2.59. The first-order valence-corrected chi connectivity index (χ1v) is 5.69. The highest BCUT2D eigenvalue weighted by Gasteiger charge is 2.18. The summed E-state index contributed by atoms with van der Waals surface area (Å²) in [5.74, 6) is 1.58. The van der Waals surface area contributed by atoms with Crippen LogP contribution in [0.15, 0.2) is 24.3 Å². The molecule has 19 heavy (non-hydrogen) atoms. The number of carbonyl (C=O) groups is 1. The molecule has 0 unspecified atom stereocenters. The van der Waals surface area contributed by atoms with Gasteiger partial charge in [-0.25, -0.2) is 14.8 Å². The standard InChI is InChI=1S/C14H13N3O2/c1-4-14(2,3)17-11-9-7-5-6-8-10(9)15-12(16-11)13(18)19/h1,5-8H,2-3H3,(H,18,19)(H,15,16,17). The quantitative estimate of drug-likeness (QED) is 0.822. The maximum absolute atomic E-state index is 11.0. The molecule has 1 aromatic carbocycles. The van der Waals surface area contributed by atoms with Gasteiger partial charge in [0.25, 0.3) is 0 Å². The molecule has 5 nitrogen and oxygen atoms in total. The van der Waals surface area contributed by atoms with Gasteiger partial charge in [0.15, 0.2) is 0 Å². The third kappa shape index (κ3) is 2.63. The molecule has 0 atom stereocenters. The first kappa shape index (κ1) is 12.8. The molecule has 0 aliphatic heterocycles. The van der Waals surface area contributed by atoms with Gasteiger partial charge in [-0.15, -0.1) is 6.42 Å². The molecule has 0 bridgehead atoms. The van der Waals surface area contributed by atoms with Crippen LogP contribution in [0.3, 0.4) is 0 Å². The second-order valence-electron chi connectivity index (χ2n) is 4.61. The molecule has 1 aromatic heterocycles. The van der Waals surface area contributed by atoms with Gasteiger partial charge in [0.1, 0.15) is 5.82 Å². The van der Waals surface area contributed by atoms with Gasteiger partial charge in [-0.3, -0.25) is 0 Å². The number of aromatic nitrogens is 2. The van der Waals surface area contributed by atoms with Crippen molar-refractivity contribution >= 4 is 22.7 Å². The number of rotatable bonds is 3. The van der Waals surface area contributed by atoms with Crippen LogP contribution in [0.4, 0.5) is 5.82 Å². The Balaban J connectivity index is 2.64. The molecule has 0 radical (unpaired) electrons. The number of nitrogens with one attached hydrogen (secondary N) is 1. The number of terminal acetylenes is 1. The van der Waals surface area contributed by atoms with E-state index >= 15 is 0 Å². The molecule has 0 aliphatic rings. The van der Waals surface area contributed by atoms with Crippen LogP contribution in [0.1, 0.15) is 24.5 Å². The zero-order valence-electron chi connectivity index (χ0n) is 10.6. The summed E-state index contributed by atoms with van der Waals surface area (Å²) in [6, 6.07) is 7.17. The van der Waals surface area contributed by atoms with Gasteiger partial charge in [-0.05, 0) is 26.0 Å². The summed E-state index contributed by atoms with van der Waals surface area (Å²) in [6.07, 6.45) is 5.42. The molecular formula is C14H13N3O2. The Morgan fingerprint density at radius 1 is 1.37 bits per heavy atom. The van der Waals surface area contributed by atoms with Crippen LogP contribution in [-0.4, -0.2) is 26.6 Å². The normalized spacial score (nSPS) is 11.0. The van der Waals surface area contributed by atoms with Crippen molar-refractivity contribution in [2.75, 3.05) is 5.32 Å². The number of anilines is 1. The zero-order valence-corrected chi connectivity index (χ0v) is 10.6. The van der Waals surface area contributed by atoms with Crippen molar-refractivity contribution in [3.8, 4) is 12.3 Å². The van der Waals surface area contributed by atoms with Gasteiger partial charge >= 0.3 is 5.97 Å². The lowest BCUT2D eigenvalue weighted by Crippen LogP contribution is -2.29. The lowest BCUT2D eigenvalue weighted by molar-refractivity contribution is 0.0684. The van der Waals surface area contributed by atoms with Crippen LogP contribution in [0.25, 0.3) is 10.9 Å². The van der Waals surface area contributed by atoms with Gasteiger partial charge in [0.05, 0.1) is 11.1 Å². The Bertz CT molecular complexity index is 687. The second kappa shape index (κ2) is 4.58. The lowest BCUT2D eigenvalue weighted by Gasteiger charge is -2.21. The number of carboxylic acid groups (broad SMARTS) is 1. The third-order valence-corrected chi connectivity index (χ3v) is 2.59. The average molecular weight is 255 g/mol. The van der Waals surface area contributed by atoms with E-state index in [4.69, 9.17) is 11.5 Å². The topological polar surface area (TPSA) is 75.1 Å². The zero-order chi connectivity index (χ0) is 14.0. The fourth-order valence-electron chi connectivity index (χ4n) is 1.60.